The third kappa shape index (κ3) is 5.85. The molecule has 2 aromatic rings. The van der Waals surface area contributed by atoms with E-state index < -0.39 is 5.41 Å². The normalized spacial score (nSPS) is 22.6. The Labute approximate surface area is 243 Å². The summed E-state index contributed by atoms with van der Waals surface area (Å²) in [5.74, 6) is 1.57. The molecule has 0 aliphatic carbocycles. The molecule has 3 amide bonds. The van der Waals surface area contributed by atoms with Gasteiger partial charge in [-0.2, -0.15) is 0 Å². The number of hydrogen-bond acceptors (Lipinski definition) is 8. The van der Waals surface area contributed by atoms with E-state index in [1.54, 1.807) is 15.9 Å². The summed E-state index contributed by atoms with van der Waals surface area (Å²) >= 11 is 0. The van der Waals surface area contributed by atoms with E-state index in [1.165, 1.54) is 7.11 Å². The second-order valence-corrected chi connectivity index (χ2v) is 10.8. The Balaban J connectivity index is 0.00000113. The van der Waals surface area contributed by atoms with Crippen LogP contribution in [-0.4, -0.2) is 105 Å². The molecule has 224 valence electrons. The molecule has 12 heteroatoms. The average molecular weight is 582 g/mol. The predicted molar refractivity (Wildman–Crippen MR) is 149 cm³/mol. The maximum atomic E-state index is 13.5. The topological polar surface area (TPSA) is 144 Å². The molecule has 0 saturated carbocycles. The zero-order valence-electron chi connectivity index (χ0n) is 23.5. The summed E-state index contributed by atoms with van der Waals surface area (Å²) in [7, 11) is 1.50. The van der Waals surface area contributed by atoms with E-state index >= 15 is 0 Å². The predicted octanol–water partition coefficient (Wildman–Crippen LogP) is 1.31. The number of nitrogens with one attached hydrogen (secondary N) is 1. The first-order valence-corrected chi connectivity index (χ1v) is 13.9. The van der Waals surface area contributed by atoms with Gasteiger partial charge in [-0.05, 0) is 36.2 Å². The lowest BCUT2D eigenvalue weighted by Gasteiger charge is -2.40. The van der Waals surface area contributed by atoms with Gasteiger partial charge in [-0.25, -0.2) is 0 Å². The minimum atomic E-state index is -0.510. The van der Waals surface area contributed by atoms with Gasteiger partial charge in [0.25, 0.3) is 12.4 Å². The number of rotatable bonds is 3. The van der Waals surface area contributed by atoms with E-state index in [0.29, 0.717) is 69.5 Å². The van der Waals surface area contributed by atoms with Crippen LogP contribution in [0.15, 0.2) is 36.4 Å². The summed E-state index contributed by atoms with van der Waals surface area (Å²) in [5, 5.41) is 9.96. The second kappa shape index (κ2) is 12.7. The Morgan fingerprint density at radius 1 is 1.14 bits per heavy atom. The molecule has 1 fully saturated rings. The fraction of sp³-hybridized carbons (Fsp3) is 0.467. The summed E-state index contributed by atoms with van der Waals surface area (Å²) in [5.41, 5.74) is 2.02. The first-order chi connectivity index (χ1) is 20.4. The minimum absolute atomic E-state index is 0.00207. The number of methoxy groups -OCH3 is 1. The van der Waals surface area contributed by atoms with Gasteiger partial charge < -0.3 is 39.2 Å². The zero-order valence-corrected chi connectivity index (χ0v) is 23.5. The zero-order chi connectivity index (χ0) is 29.7. The highest BCUT2D eigenvalue weighted by atomic mass is 16.5. The van der Waals surface area contributed by atoms with Gasteiger partial charge in [-0.1, -0.05) is 12.1 Å². The van der Waals surface area contributed by atoms with Crippen LogP contribution in [0.4, 0.5) is 0 Å². The molecule has 5 aliphatic rings. The second-order valence-electron chi connectivity index (χ2n) is 10.8. The summed E-state index contributed by atoms with van der Waals surface area (Å²) < 4.78 is 23.1. The number of nitrogens with zero attached hydrogens (tertiary/aromatic N) is 2. The van der Waals surface area contributed by atoms with Crippen molar-refractivity contribution < 1.29 is 43.2 Å². The Hall–Kier alpha value is -4.32. The van der Waals surface area contributed by atoms with E-state index in [1.807, 2.05) is 30.3 Å². The Morgan fingerprint density at radius 3 is 2.76 bits per heavy atom. The minimum Gasteiger partial charge on any atom is -0.493 e. The van der Waals surface area contributed by atoms with Gasteiger partial charge >= 0.3 is 0 Å². The molecule has 7 rings (SSSR count). The summed E-state index contributed by atoms with van der Waals surface area (Å²) in [6.45, 7) is 2.60. The number of fused-ring (bicyclic) bond motifs is 10. The van der Waals surface area contributed by atoms with Gasteiger partial charge in [0, 0.05) is 62.2 Å². The monoisotopic (exact) mass is 581 g/mol. The number of benzene rings is 2. The van der Waals surface area contributed by atoms with E-state index in [4.69, 9.17) is 28.8 Å². The highest BCUT2D eigenvalue weighted by Crippen LogP contribution is 2.52. The third-order valence-corrected chi connectivity index (χ3v) is 8.18. The molecule has 42 heavy (non-hydrogen) atoms. The first kappa shape index (κ1) is 29.2. The van der Waals surface area contributed by atoms with Gasteiger partial charge in [-0.15, -0.1) is 0 Å². The van der Waals surface area contributed by atoms with Crippen LogP contribution in [0, 0.1) is 5.41 Å². The lowest BCUT2D eigenvalue weighted by molar-refractivity contribution is -0.134. The number of carboxylic acid groups (broad SMARTS) is 1. The van der Waals surface area contributed by atoms with Gasteiger partial charge in [0.15, 0.2) is 11.5 Å². The molecule has 4 bridgehead atoms. The first-order valence-electron chi connectivity index (χ1n) is 13.9. The van der Waals surface area contributed by atoms with Crippen LogP contribution in [0.2, 0.25) is 0 Å². The molecule has 5 heterocycles. The quantitative estimate of drug-likeness (QED) is 0.513. The molecule has 12 nitrogen and oxygen atoms in total. The van der Waals surface area contributed by atoms with Crippen LogP contribution >= 0.6 is 0 Å². The number of para-hydroxylation sites is 1. The van der Waals surface area contributed by atoms with Crippen molar-refractivity contribution in [1.82, 2.24) is 15.1 Å². The third-order valence-electron chi connectivity index (χ3n) is 8.18. The van der Waals surface area contributed by atoms with Crippen LogP contribution in [0.1, 0.15) is 33.8 Å². The molecule has 0 unspecified atom stereocenters. The van der Waals surface area contributed by atoms with Crippen molar-refractivity contribution in [2.75, 3.05) is 66.3 Å². The van der Waals surface area contributed by atoms with Gasteiger partial charge in [0.2, 0.25) is 11.8 Å². The van der Waals surface area contributed by atoms with Gasteiger partial charge in [0.1, 0.15) is 12.4 Å². The molecule has 5 aliphatic heterocycles. The van der Waals surface area contributed by atoms with Crippen LogP contribution < -0.4 is 19.5 Å². The van der Waals surface area contributed by atoms with Gasteiger partial charge in [0.05, 0.1) is 26.4 Å². The number of carbonyl (C=O) groups excluding carboxylic acids is 3. The highest BCUT2D eigenvalue weighted by Gasteiger charge is 2.53. The molecular weight excluding hydrogens is 546 g/mol. The average Bonchev–Trinajstić information content (AvgIpc) is 3.62. The highest BCUT2D eigenvalue weighted by molar-refractivity contribution is 5.97. The standard InChI is InChI=1S/C29H33N3O7.CH2O2/c1-36-15-26(34)32-13-22-21-4-2-5-24-27(21)39-18-29(22,17-32)16-30-25(33)14-31(9-3-10-37-24)28(35)20-6-7-23-19(12-20)8-11-38-23;2-1-3/h2,4-7,12,22H,3,8-11,13-18H2,1H3,(H,30,33);1H,(H,2,3)/t22-,29+;/m0./s1. The molecule has 2 atom stereocenters. The lowest BCUT2D eigenvalue weighted by Crippen LogP contribution is -2.50. The van der Waals surface area contributed by atoms with Crippen molar-refractivity contribution >= 4 is 24.2 Å². The van der Waals surface area contributed by atoms with E-state index in [9.17, 15) is 14.4 Å². The smallest absolute Gasteiger partial charge is 0.290 e. The van der Waals surface area contributed by atoms with Crippen molar-refractivity contribution in [2.24, 2.45) is 5.41 Å². The fourth-order valence-electron chi connectivity index (χ4n) is 6.17. The Kier molecular flexibility index (Phi) is 8.81. The van der Waals surface area contributed by atoms with Crippen LogP contribution in [-0.2, 0) is 25.5 Å². The summed E-state index contributed by atoms with van der Waals surface area (Å²) in [6.07, 6.45) is 1.31. The maximum Gasteiger partial charge on any atom is 0.290 e. The number of hydrogen-bond donors (Lipinski definition) is 2. The van der Waals surface area contributed by atoms with E-state index in [-0.39, 0.29) is 43.3 Å². The number of ether oxygens (including phenoxy) is 4. The largest absolute Gasteiger partial charge is 0.493 e. The fourth-order valence-corrected chi connectivity index (χ4v) is 6.17. The Morgan fingerprint density at radius 2 is 1.95 bits per heavy atom. The van der Waals surface area contributed by atoms with Crippen molar-refractivity contribution in [1.29, 1.82) is 0 Å². The molecule has 1 spiro atoms. The van der Waals surface area contributed by atoms with Crippen molar-refractivity contribution in [3.8, 4) is 17.2 Å². The molecule has 0 radical (unpaired) electrons. The van der Waals surface area contributed by atoms with E-state index in [2.05, 4.69) is 5.32 Å². The molecule has 0 aromatic heterocycles. The van der Waals surface area contributed by atoms with Crippen molar-refractivity contribution in [2.45, 2.75) is 18.8 Å². The van der Waals surface area contributed by atoms with Crippen molar-refractivity contribution in [3.05, 3.63) is 53.1 Å². The molecule has 2 N–H and O–H groups in total. The Bertz CT molecular complexity index is 1350. The van der Waals surface area contributed by atoms with Crippen LogP contribution in [0.3, 0.4) is 0 Å². The van der Waals surface area contributed by atoms with Crippen LogP contribution in [0.5, 0.6) is 17.2 Å². The van der Waals surface area contributed by atoms with Crippen LogP contribution in [0.25, 0.3) is 0 Å². The number of carbonyl (C=O) groups is 4. The number of likely N-dealkylation sites (tertiary alicyclic amines) is 1. The maximum absolute atomic E-state index is 13.5. The summed E-state index contributed by atoms with van der Waals surface area (Å²) in [4.78, 5) is 51.3. The molecule has 1 saturated heterocycles. The molecular formula is C30H35N3O9. The van der Waals surface area contributed by atoms with Crippen molar-refractivity contribution in [3.63, 3.8) is 0 Å². The SMILES string of the molecule is COCC(=O)N1C[C@H]2c3cccc4c3OC[C@@]2(CNC(=O)CN(C(=O)c2ccc3c(c2)CCO3)CCCO4)C1.O=CO. The van der Waals surface area contributed by atoms with E-state index in [0.717, 1.165) is 23.3 Å². The number of amides is 3. The summed E-state index contributed by atoms with van der Waals surface area (Å²) in [6, 6.07) is 11.3. The molecule has 2 aromatic carbocycles. The van der Waals surface area contributed by atoms with Gasteiger partial charge in [-0.3, -0.25) is 19.2 Å². The lowest BCUT2D eigenvalue weighted by atomic mass is 9.73.